The first kappa shape index (κ1) is 14.5. The quantitative estimate of drug-likeness (QED) is 0.901. The second kappa shape index (κ2) is 6.54. The van der Waals surface area contributed by atoms with E-state index in [0.29, 0.717) is 6.04 Å². The van der Waals surface area contributed by atoms with Crippen molar-refractivity contribution in [2.75, 3.05) is 40.1 Å². The van der Waals surface area contributed by atoms with E-state index in [0.717, 1.165) is 56.3 Å². The molecule has 0 aromatic heterocycles. The van der Waals surface area contributed by atoms with Gasteiger partial charge in [0.2, 0.25) is 12.5 Å². The first-order valence-electron chi connectivity index (χ1n) is 7.75. The zero-order valence-corrected chi connectivity index (χ0v) is 12.9. The van der Waals surface area contributed by atoms with Gasteiger partial charge in [0.15, 0.2) is 11.5 Å². The summed E-state index contributed by atoms with van der Waals surface area (Å²) in [5.41, 5.74) is 1.26. The average molecular weight is 292 g/mol. The highest BCUT2D eigenvalue weighted by molar-refractivity contribution is 5.55. The lowest BCUT2D eigenvalue weighted by molar-refractivity contribution is 0.163. The van der Waals surface area contributed by atoms with Crippen LogP contribution in [-0.2, 0) is 0 Å². The maximum absolute atomic E-state index is 5.56. The van der Waals surface area contributed by atoms with Crippen LogP contribution in [0, 0.1) is 0 Å². The molecule has 0 aliphatic carbocycles. The van der Waals surface area contributed by atoms with Gasteiger partial charge >= 0.3 is 0 Å². The van der Waals surface area contributed by atoms with Gasteiger partial charge in [0.25, 0.3) is 0 Å². The van der Waals surface area contributed by atoms with Gasteiger partial charge in [-0.1, -0.05) is 13.3 Å². The number of hydrogen-bond donors (Lipinski definition) is 1. The van der Waals surface area contributed by atoms with Crippen molar-refractivity contribution in [2.45, 2.75) is 25.8 Å². The molecule has 2 aliphatic heterocycles. The highest BCUT2D eigenvalue weighted by atomic mass is 16.7. The average Bonchev–Trinajstić information content (AvgIpc) is 3.01. The summed E-state index contributed by atoms with van der Waals surface area (Å²) in [6, 6.07) is 4.64. The van der Waals surface area contributed by atoms with E-state index >= 15 is 0 Å². The largest absolute Gasteiger partial charge is 0.493 e. The van der Waals surface area contributed by atoms with Crippen LogP contribution in [0.4, 0.5) is 0 Å². The number of piperazine rings is 1. The Kier molecular flexibility index (Phi) is 4.51. The Morgan fingerprint density at radius 1 is 1.29 bits per heavy atom. The zero-order chi connectivity index (χ0) is 14.7. The molecular weight excluding hydrogens is 268 g/mol. The zero-order valence-electron chi connectivity index (χ0n) is 12.9. The van der Waals surface area contributed by atoms with E-state index in [9.17, 15) is 0 Å². The maximum Gasteiger partial charge on any atom is 0.231 e. The molecule has 2 aliphatic rings. The number of rotatable bonds is 5. The summed E-state index contributed by atoms with van der Waals surface area (Å²) in [4.78, 5) is 2.55. The van der Waals surface area contributed by atoms with Crippen LogP contribution in [0.1, 0.15) is 31.4 Å². The number of benzene rings is 1. The molecular formula is C16H24N2O3. The van der Waals surface area contributed by atoms with Crippen molar-refractivity contribution in [2.24, 2.45) is 0 Å². The monoisotopic (exact) mass is 292 g/mol. The van der Waals surface area contributed by atoms with Gasteiger partial charge in [-0.2, -0.15) is 0 Å². The summed E-state index contributed by atoms with van der Waals surface area (Å²) >= 11 is 0. The van der Waals surface area contributed by atoms with Gasteiger partial charge in [0, 0.05) is 32.2 Å². The van der Waals surface area contributed by atoms with Crippen LogP contribution >= 0.6 is 0 Å². The van der Waals surface area contributed by atoms with Gasteiger partial charge in [-0.3, -0.25) is 4.90 Å². The third kappa shape index (κ3) is 2.94. The second-order valence-electron chi connectivity index (χ2n) is 5.55. The second-order valence-corrected chi connectivity index (χ2v) is 5.55. The van der Waals surface area contributed by atoms with Crippen LogP contribution in [-0.4, -0.2) is 45.0 Å². The molecule has 21 heavy (non-hydrogen) atoms. The highest BCUT2D eigenvalue weighted by Gasteiger charge is 2.26. The van der Waals surface area contributed by atoms with E-state index < -0.39 is 0 Å². The van der Waals surface area contributed by atoms with Gasteiger partial charge in [-0.05, 0) is 24.1 Å². The lowest BCUT2D eigenvalue weighted by atomic mass is 9.99. The summed E-state index contributed by atoms with van der Waals surface area (Å²) in [6.45, 7) is 6.80. The topological polar surface area (TPSA) is 43.0 Å². The van der Waals surface area contributed by atoms with Crippen molar-refractivity contribution >= 4 is 0 Å². The van der Waals surface area contributed by atoms with E-state index in [1.165, 1.54) is 5.56 Å². The smallest absolute Gasteiger partial charge is 0.231 e. The summed E-state index contributed by atoms with van der Waals surface area (Å²) in [6.07, 6.45) is 2.30. The molecule has 0 radical (unpaired) electrons. The fraction of sp³-hybridized carbons (Fsp3) is 0.625. The van der Waals surface area contributed by atoms with Crippen molar-refractivity contribution in [1.29, 1.82) is 0 Å². The maximum atomic E-state index is 5.56. The fourth-order valence-electron chi connectivity index (χ4n) is 3.17. The van der Waals surface area contributed by atoms with Gasteiger partial charge < -0.3 is 19.5 Å². The molecule has 1 aromatic carbocycles. The SMILES string of the molecule is CCC[C@@H](c1cc(OC)c2c(c1)OCO2)N1CCNCC1. The Hall–Kier alpha value is -1.46. The summed E-state index contributed by atoms with van der Waals surface area (Å²) in [5.74, 6) is 2.31. The van der Waals surface area contributed by atoms with E-state index in [-0.39, 0.29) is 6.79 Å². The fourth-order valence-corrected chi connectivity index (χ4v) is 3.17. The number of methoxy groups -OCH3 is 1. The minimum Gasteiger partial charge on any atom is -0.493 e. The first-order valence-corrected chi connectivity index (χ1v) is 7.75. The lowest BCUT2D eigenvalue weighted by Gasteiger charge is -2.35. The van der Waals surface area contributed by atoms with E-state index in [4.69, 9.17) is 14.2 Å². The number of fused-ring (bicyclic) bond motifs is 1. The van der Waals surface area contributed by atoms with Crippen LogP contribution in [0.5, 0.6) is 17.2 Å². The van der Waals surface area contributed by atoms with Crippen LogP contribution in [0.3, 0.4) is 0 Å². The predicted molar refractivity (Wildman–Crippen MR) is 81.2 cm³/mol. The van der Waals surface area contributed by atoms with E-state index in [1.807, 2.05) is 0 Å². The molecule has 0 saturated carbocycles. The molecule has 0 unspecified atom stereocenters. The Morgan fingerprint density at radius 3 is 2.81 bits per heavy atom. The lowest BCUT2D eigenvalue weighted by Crippen LogP contribution is -2.45. The molecule has 5 heteroatoms. The van der Waals surface area contributed by atoms with Gasteiger partial charge in [-0.15, -0.1) is 0 Å². The normalized spacial score (nSPS) is 19.5. The molecule has 2 heterocycles. The summed E-state index contributed by atoms with van der Waals surface area (Å²) in [7, 11) is 1.68. The van der Waals surface area contributed by atoms with Gasteiger partial charge in [-0.25, -0.2) is 0 Å². The molecule has 0 amide bonds. The molecule has 1 aromatic rings. The third-order valence-corrected chi connectivity index (χ3v) is 4.22. The van der Waals surface area contributed by atoms with Crippen LogP contribution in [0.15, 0.2) is 12.1 Å². The Morgan fingerprint density at radius 2 is 2.10 bits per heavy atom. The Labute approximate surface area is 126 Å². The number of hydrogen-bond acceptors (Lipinski definition) is 5. The first-order chi connectivity index (χ1) is 10.3. The van der Waals surface area contributed by atoms with E-state index in [1.54, 1.807) is 7.11 Å². The summed E-state index contributed by atoms with van der Waals surface area (Å²) < 4.78 is 16.5. The van der Waals surface area contributed by atoms with Crippen molar-refractivity contribution in [3.8, 4) is 17.2 Å². The molecule has 1 atom stereocenters. The van der Waals surface area contributed by atoms with Gasteiger partial charge in [0.1, 0.15) is 0 Å². The Bertz CT molecular complexity index is 487. The molecule has 5 nitrogen and oxygen atoms in total. The molecule has 0 bridgehead atoms. The number of nitrogens with zero attached hydrogens (tertiary/aromatic N) is 1. The van der Waals surface area contributed by atoms with Crippen molar-refractivity contribution in [1.82, 2.24) is 10.2 Å². The van der Waals surface area contributed by atoms with Gasteiger partial charge in [0.05, 0.1) is 7.11 Å². The molecule has 1 N–H and O–H groups in total. The van der Waals surface area contributed by atoms with Crippen molar-refractivity contribution < 1.29 is 14.2 Å². The number of ether oxygens (including phenoxy) is 3. The minimum atomic E-state index is 0.279. The van der Waals surface area contributed by atoms with Crippen molar-refractivity contribution in [3.63, 3.8) is 0 Å². The van der Waals surface area contributed by atoms with Crippen molar-refractivity contribution in [3.05, 3.63) is 17.7 Å². The Balaban J connectivity index is 1.91. The molecule has 1 fully saturated rings. The number of nitrogens with one attached hydrogen (secondary N) is 1. The third-order valence-electron chi connectivity index (χ3n) is 4.22. The molecule has 116 valence electrons. The highest BCUT2D eigenvalue weighted by Crippen LogP contribution is 2.44. The van der Waals surface area contributed by atoms with Crippen LogP contribution in [0.25, 0.3) is 0 Å². The van der Waals surface area contributed by atoms with Crippen LogP contribution < -0.4 is 19.5 Å². The molecule has 3 rings (SSSR count). The predicted octanol–water partition coefficient (Wildman–Crippen LogP) is 2.17. The summed E-state index contributed by atoms with van der Waals surface area (Å²) in [5, 5.41) is 3.42. The molecule has 1 saturated heterocycles. The van der Waals surface area contributed by atoms with Crippen LogP contribution in [0.2, 0.25) is 0 Å². The minimum absolute atomic E-state index is 0.279. The standard InChI is InChI=1S/C16H24N2O3/c1-3-4-13(18-7-5-17-6-8-18)12-9-14(19-2)16-15(10-12)20-11-21-16/h9-10,13,17H,3-8,11H2,1-2H3/t13-/m0/s1. The molecule has 0 spiro atoms. The van der Waals surface area contributed by atoms with E-state index in [2.05, 4.69) is 29.3 Å².